The highest BCUT2D eigenvalue weighted by atomic mass is 35.5. The highest BCUT2D eigenvalue weighted by Crippen LogP contribution is 2.22. The first-order chi connectivity index (χ1) is 8.78. The van der Waals surface area contributed by atoms with Crippen LogP contribution in [0.4, 0.5) is 13.2 Å². The number of aromatic nitrogens is 1. The molecule has 1 aromatic heterocycles. The van der Waals surface area contributed by atoms with Crippen LogP contribution in [0.25, 0.3) is 0 Å². The molecule has 5 nitrogen and oxygen atoms in total. The van der Waals surface area contributed by atoms with Crippen molar-refractivity contribution in [3.05, 3.63) is 27.7 Å². The highest BCUT2D eigenvalue weighted by Gasteiger charge is 2.33. The van der Waals surface area contributed by atoms with E-state index in [2.05, 4.69) is 9.47 Å². The molecule has 1 N–H and O–H groups in total. The van der Waals surface area contributed by atoms with E-state index in [0.29, 0.717) is 0 Å². The molecule has 9 heteroatoms. The second kappa shape index (κ2) is 5.96. The Morgan fingerprint density at radius 3 is 2.58 bits per heavy atom. The van der Waals surface area contributed by atoms with Crippen LogP contribution in [0.5, 0.6) is 5.75 Å². The summed E-state index contributed by atoms with van der Waals surface area (Å²) < 4.78 is 44.3. The maximum Gasteiger partial charge on any atom is 0.573 e. The lowest BCUT2D eigenvalue weighted by Gasteiger charge is -2.11. The van der Waals surface area contributed by atoms with E-state index in [4.69, 9.17) is 11.6 Å². The van der Waals surface area contributed by atoms with Gasteiger partial charge in [0.05, 0.1) is 6.61 Å². The lowest BCUT2D eigenvalue weighted by Crippen LogP contribution is -2.25. The molecule has 0 aliphatic rings. The van der Waals surface area contributed by atoms with Crippen LogP contribution < -0.4 is 10.3 Å². The van der Waals surface area contributed by atoms with E-state index in [0.717, 1.165) is 6.07 Å². The Kier molecular flexibility index (Phi) is 4.82. The van der Waals surface area contributed by atoms with Crippen molar-refractivity contribution in [2.24, 2.45) is 0 Å². The average Bonchev–Trinajstić information content (AvgIpc) is 2.29. The summed E-state index contributed by atoms with van der Waals surface area (Å²) in [7, 11) is 0. The molecule has 0 radical (unpaired) electrons. The fourth-order valence-electron chi connectivity index (χ4n) is 1.24. The molecule has 19 heavy (non-hydrogen) atoms. The third-order valence-electron chi connectivity index (χ3n) is 1.94. The van der Waals surface area contributed by atoms with Gasteiger partial charge < -0.3 is 14.5 Å². The minimum absolute atomic E-state index is 0.0287. The van der Waals surface area contributed by atoms with Crippen LogP contribution >= 0.6 is 11.6 Å². The number of H-pyrrole nitrogens is 1. The summed E-state index contributed by atoms with van der Waals surface area (Å²) >= 11 is 5.51. The van der Waals surface area contributed by atoms with E-state index in [-0.39, 0.29) is 23.7 Å². The maximum absolute atomic E-state index is 12.0. The van der Waals surface area contributed by atoms with Gasteiger partial charge in [0.1, 0.15) is 5.69 Å². The first kappa shape index (κ1) is 15.4. The lowest BCUT2D eigenvalue weighted by atomic mass is 10.2. The monoisotopic (exact) mass is 299 g/mol. The number of hydrogen-bond acceptors (Lipinski definition) is 4. The molecule has 0 bridgehead atoms. The van der Waals surface area contributed by atoms with Crippen LogP contribution in [0, 0.1) is 0 Å². The number of ether oxygens (including phenoxy) is 2. The molecule has 0 atom stereocenters. The van der Waals surface area contributed by atoms with Crippen LogP contribution in [0.1, 0.15) is 23.0 Å². The molecule has 0 saturated heterocycles. The van der Waals surface area contributed by atoms with Crippen LogP contribution in [0.3, 0.4) is 0 Å². The van der Waals surface area contributed by atoms with Crippen molar-refractivity contribution in [1.82, 2.24) is 4.98 Å². The second-order valence-electron chi connectivity index (χ2n) is 3.26. The molecule has 1 aromatic rings. The summed E-state index contributed by atoms with van der Waals surface area (Å²) in [6.07, 6.45) is -5.01. The number of rotatable bonds is 4. The summed E-state index contributed by atoms with van der Waals surface area (Å²) in [5, 5.41) is 0. The van der Waals surface area contributed by atoms with Gasteiger partial charge in [-0.2, -0.15) is 0 Å². The summed E-state index contributed by atoms with van der Waals surface area (Å²) in [6.45, 7) is 1.58. The Hall–Kier alpha value is -1.70. The number of carbonyl (C=O) groups excluding carboxylic acids is 1. The number of nitrogens with one attached hydrogen (secondary N) is 1. The Balaban J connectivity index is 3.22. The van der Waals surface area contributed by atoms with Gasteiger partial charge in [0.25, 0.3) is 5.56 Å². The fraction of sp³-hybridized carbons (Fsp3) is 0.400. The van der Waals surface area contributed by atoms with Crippen molar-refractivity contribution < 1.29 is 27.4 Å². The number of pyridine rings is 1. The van der Waals surface area contributed by atoms with Crippen LogP contribution in [-0.4, -0.2) is 23.9 Å². The Morgan fingerprint density at radius 2 is 2.11 bits per heavy atom. The van der Waals surface area contributed by atoms with Gasteiger partial charge in [-0.05, 0) is 13.0 Å². The van der Waals surface area contributed by atoms with Crippen molar-refractivity contribution >= 4 is 17.6 Å². The first-order valence-electron chi connectivity index (χ1n) is 5.03. The van der Waals surface area contributed by atoms with Crippen molar-refractivity contribution in [3.63, 3.8) is 0 Å². The molecule has 1 heterocycles. The van der Waals surface area contributed by atoms with Gasteiger partial charge in [-0.3, -0.25) is 4.79 Å². The van der Waals surface area contributed by atoms with Crippen molar-refractivity contribution in [2.45, 2.75) is 19.2 Å². The number of aromatic amines is 1. The van der Waals surface area contributed by atoms with Gasteiger partial charge in [-0.15, -0.1) is 24.8 Å². The highest BCUT2D eigenvalue weighted by molar-refractivity contribution is 6.17. The quantitative estimate of drug-likeness (QED) is 0.683. The van der Waals surface area contributed by atoms with Crippen molar-refractivity contribution in [1.29, 1.82) is 0 Å². The van der Waals surface area contributed by atoms with E-state index in [1.165, 1.54) is 6.92 Å². The summed E-state index contributed by atoms with van der Waals surface area (Å²) in [6, 6.07) is 0.756. The van der Waals surface area contributed by atoms with E-state index in [1.807, 2.05) is 4.98 Å². The van der Waals surface area contributed by atoms with Gasteiger partial charge in [-0.25, -0.2) is 4.79 Å². The molecule has 0 aliphatic carbocycles. The molecule has 0 spiro atoms. The minimum atomic E-state index is -5.01. The van der Waals surface area contributed by atoms with Gasteiger partial charge in [0, 0.05) is 11.4 Å². The standard InChI is InChI=1S/C10H9ClF3NO4/c1-2-18-9(17)7-5(4-11)3-6(8(16)15-7)19-10(12,13)14/h3H,2,4H2,1H3,(H,15,16). The van der Waals surface area contributed by atoms with E-state index >= 15 is 0 Å². The molecule has 0 fully saturated rings. The fourth-order valence-corrected chi connectivity index (χ4v) is 1.45. The molecule has 0 amide bonds. The number of hydrogen-bond donors (Lipinski definition) is 1. The lowest BCUT2D eigenvalue weighted by molar-refractivity contribution is -0.275. The Morgan fingerprint density at radius 1 is 1.47 bits per heavy atom. The zero-order chi connectivity index (χ0) is 14.6. The molecule has 0 aromatic carbocycles. The summed E-state index contributed by atoms with van der Waals surface area (Å²) in [5.74, 6) is -2.16. The van der Waals surface area contributed by atoms with Gasteiger partial charge >= 0.3 is 12.3 Å². The molecule has 1 rings (SSSR count). The molecule has 106 valence electrons. The first-order valence-corrected chi connectivity index (χ1v) is 5.57. The van der Waals surface area contributed by atoms with Crippen molar-refractivity contribution in [2.75, 3.05) is 6.61 Å². The predicted molar refractivity (Wildman–Crippen MR) is 59.3 cm³/mol. The largest absolute Gasteiger partial charge is 0.573 e. The number of halogens is 4. The number of alkyl halides is 4. The topological polar surface area (TPSA) is 68.4 Å². The van der Waals surface area contributed by atoms with Crippen LogP contribution in [-0.2, 0) is 10.6 Å². The van der Waals surface area contributed by atoms with Crippen LogP contribution in [0.2, 0.25) is 0 Å². The Bertz CT molecular complexity index is 526. The predicted octanol–water partition coefficient (Wildman–Crippen LogP) is 2.19. The van der Waals surface area contributed by atoms with Gasteiger partial charge in [0.15, 0.2) is 5.75 Å². The zero-order valence-electron chi connectivity index (χ0n) is 9.64. The molecular weight excluding hydrogens is 291 g/mol. The van der Waals surface area contributed by atoms with Gasteiger partial charge in [0.2, 0.25) is 0 Å². The third kappa shape index (κ3) is 4.16. The minimum Gasteiger partial charge on any atom is -0.461 e. The van der Waals surface area contributed by atoms with E-state index in [1.54, 1.807) is 0 Å². The maximum atomic E-state index is 12.0. The average molecular weight is 300 g/mol. The molecular formula is C10H9ClF3NO4. The molecule has 0 saturated carbocycles. The third-order valence-corrected chi connectivity index (χ3v) is 2.23. The summed E-state index contributed by atoms with van der Waals surface area (Å²) in [5.41, 5.74) is -1.52. The van der Waals surface area contributed by atoms with E-state index in [9.17, 15) is 22.8 Å². The van der Waals surface area contributed by atoms with E-state index < -0.39 is 23.6 Å². The van der Waals surface area contributed by atoms with Crippen molar-refractivity contribution in [3.8, 4) is 5.75 Å². The zero-order valence-corrected chi connectivity index (χ0v) is 10.4. The second-order valence-corrected chi connectivity index (χ2v) is 3.53. The summed E-state index contributed by atoms with van der Waals surface area (Å²) in [4.78, 5) is 24.8. The van der Waals surface area contributed by atoms with Gasteiger partial charge in [-0.1, -0.05) is 0 Å². The SMILES string of the molecule is CCOC(=O)c1[nH]c(=O)c(OC(F)(F)F)cc1CCl. The Labute approximate surface area is 110 Å². The smallest absolute Gasteiger partial charge is 0.461 e. The van der Waals surface area contributed by atoms with Crippen LogP contribution in [0.15, 0.2) is 10.9 Å². The normalized spacial score (nSPS) is 11.2. The number of esters is 1. The molecule has 0 unspecified atom stereocenters. The number of carbonyl (C=O) groups is 1. The molecule has 0 aliphatic heterocycles.